The fourth-order valence-electron chi connectivity index (χ4n) is 5.98. The Labute approximate surface area is 261 Å². The maximum Gasteiger partial charge on any atom is 0.320 e. The lowest BCUT2D eigenvalue weighted by Gasteiger charge is -2.27. The van der Waals surface area contributed by atoms with Crippen LogP contribution < -0.4 is 30.7 Å². The molecule has 0 aliphatic carbocycles. The van der Waals surface area contributed by atoms with Gasteiger partial charge in [0.1, 0.15) is 24.7 Å². The van der Waals surface area contributed by atoms with Crippen LogP contribution in [0.5, 0.6) is 11.5 Å². The van der Waals surface area contributed by atoms with Crippen LogP contribution in [0.1, 0.15) is 37.1 Å². The van der Waals surface area contributed by atoms with Crippen molar-refractivity contribution in [2.24, 2.45) is 0 Å². The number of nitrogens with one attached hydrogen (secondary N) is 4. The van der Waals surface area contributed by atoms with E-state index in [1.54, 1.807) is 36.4 Å². The van der Waals surface area contributed by atoms with Crippen molar-refractivity contribution in [1.82, 2.24) is 21.3 Å². The third-order valence-electron chi connectivity index (χ3n) is 7.90. The highest BCUT2D eigenvalue weighted by molar-refractivity contribution is 5.91. The molecule has 0 fully saturated rings. The number of hydrogen-bond donors (Lipinski definition) is 4. The maximum atomic E-state index is 12.4. The number of carbonyl (C=O) groups is 2. The van der Waals surface area contributed by atoms with Gasteiger partial charge in [0.15, 0.2) is 12.1 Å². The first-order chi connectivity index (χ1) is 22.1. The molecule has 0 radical (unpaired) electrons. The lowest BCUT2D eigenvalue weighted by molar-refractivity contribution is -0.433. The molecule has 4 aromatic rings. The number of urea groups is 2. The molecule has 4 N–H and O–H groups in total. The number of amides is 4. The standard InChI is InChI=1S/C32H28N6O8/c1-17-29(37(41)42)27(35-31(39)33-17)25-21-9-5-3-7-19(21)11-13-23(25)45-15-16-46-24-14-12-20-8-4-6-10-22(20)26(24)28-30(38(43)44)18(2)34-32(40)36-28/h3-14,27-28H,15-16H2,1-2H3,(H2,33,35,39)(H2,34,36,40). The third kappa shape index (κ3) is 5.47. The van der Waals surface area contributed by atoms with Crippen molar-refractivity contribution < 1.29 is 28.9 Å². The minimum atomic E-state index is -1.10. The van der Waals surface area contributed by atoms with Gasteiger partial charge in [-0.3, -0.25) is 20.2 Å². The second-order valence-electron chi connectivity index (χ2n) is 10.7. The number of benzene rings is 4. The summed E-state index contributed by atoms with van der Waals surface area (Å²) in [6.07, 6.45) is 0. The highest BCUT2D eigenvalue weighted by Crippen LogP contribution is 2.40. The van der Waals surface area contributed by atoms with Crippen LogP contribution in [0.3, 0.4) is 0 Å². The van der Waals surface area contributed by atoms with Crippen molar-refractivity contribution in [3.8, 4) is 11.5 Å². The van der Waals surface area contributed by atoms with Crippen molar-refractivity contribution in [3.63, 3.8) is 0 Å². The van der Waals surface area contributed by atoms with Crippen LogP contribution in [-0.4, -0.2) is 35.1 Å². The molecule has 0 saturated carbocycles. The van der Waals surface area contributed by atoms with Gasteiger partial charge in [-0.05, 0) is 47.5 Å². The summed E-state index contributed by atoms with van der Waals surface area (Å²) in [6, 6.07) is 18.2. The Morgan fingerprint density at radius 2 is 1.02 bits per heavy atom. The van der Waals surface area contributed by atoms with E-state index in [0.717, 1.165) is 10.8 Å². The van der Waals surface area contributed by atoms with E-state index in [4.69, 9.17) is 9.47 Å². The van der Waals surface area contributed by atoms with Gasteiger partial charge < -0.3 is 30.7 Å². The van der Waals surface area contributed by atoms with Gasteiger partial charge in [-0.2, -0.15) is 0 Å². The van der Waals surface area contributed by atoms with Crippen molar-refractivity contribution in [3.05, 3.63) is 127 Å². The molecule has 2 atom stereocenters. The minimum Gasteiger partial charge on any atom is -0.490 e. The summed E-state index contributed by atoms with van der Waals surface area (Å²) < 4.78 is 12.3. The number of nitrogens with zero attached hydrogens (tertiary/aromatic N) is 2. The van der Waals surface area contributed by atoms with E-state index in [9.17, 15) is 29.8 Å². The zero-order chi connectivity index (χ0) is 32.5. The molecule has 0 aromatic heterocycles. The van der Waals surface area contributed by atoms with Crippen LogP contribution in [0.2, 0.25) is 0 Å². The Morgan fingerprint density at radius 3 is 1.41 bits per heavy atom. The summed E-state index contributed by atoms with van der Waals surface area (Å²) in [5.74, 6) is 0.611. The molecule has 2 unspecified atom stereocenters. The number of hydrogen-bond acceptors (Lipinski definition) is 8. The zero-order valence-electron chi connectivity index (χ0n) is 24.7. The van der Waals surface area contributed by atoms with Crippen LogP contribution in [0.4, 0.5) is 9.59 Å². The van der Waals surface area contributed by atoms with Gasteiger partial charge in [0, 0.05) is 11.1 Å². The average molecular weight is 625 g/mol. The molecule has 234 valence electrons. The van der Waals surface area contributed by atoms with E-state index in [1.165, 1.54) is 13.8 Å². The molecule has 4 aromatic carbocycles. The SMILES string of the molecule is CC1=C([N+](=O)[O-])C(c2c(OCCOc3ccc4ccccc4c3C3NC(=O)NC(C)=C3[N+](=O)[O-])ccc3ccccc23)NC(=O)N1. The second kappa shape index (κ2) is 12.1. The van der Waals surface area contributed by atoms with E-state index in [0.29, 0.717) is 33.4 Å². The van der Waals surface area contributed by atoms with Gasteiger partial charge in [-0.25, -0.2) is 9.59 Å². The molecule has 6 rings (SSSR count). The van der Waals surface area contributed by atoms with E-state index in [-0.39, 0.29) is 36.0 Å². The average Bonchev–Trinajstić information content (AvgIpc) is 3.01. The minimum absolute atomic E-state index is 0.0252. The lowest BCUT2D eigenvalue weighted by atomic mass is 9.94. The summed E-state index contributed by atoms with van der Waals surface area (Å²) in [5, 5.41) is 37.4. The Hall–Kier alpha value is -6.18. The van der Waals surface area contributed by atoms with E-state index >= 15 is 0 Å². The molecule has 4 amide bonds. The van der Waals surface area contributed by atoms with Crippen LogP contribution in [0, 0.1) is 20.2 Å². The maximum absolute atomic E-state index is 12.4. The topological polar surface area (TPSA) is 187 Å². The van der Waals surface area contributed by atoms with Crippen LogP contribution in [0.25, 0.3) is 21.5 Å². The van der Waals surface area contributed by atoms with E-state index < -0.39 is 34.0 Å². The number of nitro groups is 2. The van der Waals surface area contributed by atoms with Gasteiger partial charge >= 0.3 is 12.1 Å². The molecule has 46 heavy (non-hydrogen) atoms. The molecule has 0 spiro atoms. The molecule has 2 heterocycles. The third-order valence-corrected chi connectivity index (χ3v) is 7.90. The summed E-state index contributed by atoms with van der Waals surface area (Å²) >= 11 is 0. The Balaban J connectivity index is 1.33. The predicted octanol–water partition coefficient (Wildman–Crippen LogP) is 5.18. The molecule has 0 saturated heterocycles. The van der Waals surface area contributed by atoms with E-state index in [2.05, 4.69) is 21.3 Å². The van der Waals surface area contributed by atoms with Gasteiger partial charge in [0.25, 0.3) is 11.4 Å². The first-order valence-corrected chi connectivity index (χ1v) is 14.3. The quantitative estimate of drug-likeness (QED) is 0.111. The summed E-state index contributed by atoms with van der Waals surface area (Å²) in [6.45, 7) is 2.89. The first kappa shape index (κ1) is 29.9. The lowest BCUT2D eigenvalue weighted by Crippen LogP contribution is -2.45. The fourth-order valence-corrected chi connectivity index (χ4v) is 5.98. The Kier molecular flexibility index (Phi) is 7.84. The Bertz CT molecular complexity index is 1860. The largest absolute Gasteiger partial charge is 0.490 e. The number of carbonyl (C=O) groups excluding carboxylic acids is 2. The van der Waals surface area contributed by atoms with Crippen LogP contribution in [0.15, 0.2) is 95.6 Å². The van der Waals surface area contributed by atoms with Gasteiger partial charge in [0.05, 0.1) is 21.2 Å². The summed E-state index contributed by atoms with van der Waals surface area (Å²) in [5.41, 5.74) is 0.637. The van der Waals surface area contributed by atoms with Crippen LogP contribution in [-0.2, 0) is 0 Å². The second-order valence-corrected chi connectivity index (χ2v) is 10.7. The van der Waals surface area contributed by atoms with Gasteiger partial charge in [-0.1, -0.05) is 60.7 Å². The molecular weight excluding hydrogens is 596 g/mol. The van der Waals surface area contributed by atoms with E-state index in [1.807, 2.05) is 36.4 Å². The Morgan fingerprint density at radius 1 is 0.630 bits per heavy atom. The summed E-state index contributed by atoms with van der Waals surface area (Å²) in [7, 11) is 0. The van der Waals surface area contributed by atoms with Gasteiger partial charge in [-0.15, -0.1) is 0 Å². The normalized spacial score (nSPS) is 18.0. The zero-order valence-corrected chi connectivity index (χ0v) is 24.7. The highest BCUT2D eigenvalue weighted by atomic mass is 16.6. The van der Waals surface area contributed by atoms with Crippen molar-refractivity contribution in [2.75, 3.05) is 13.2 Å². The summed E-state index contributed by atoms with van der Waals surface area (Å²) in [4.78, 5) is 48.0. The van der Waals surface area contributed by atoms with Crippen molar-refractivity contribution in [2.45, 2.75) is 25.9 Å². The number of ether oxygens (including phenoxy) is 2. The number of rotatable bonds is 9. The molecule has 14 heteroatoms. The molecule has 2 aliphatic heterocycles. The fraction of sp³-hybridized carbons (Fsp3) is 0.188. The highest BCUT2D eigenvalue weighted by Gasteiger charge is 2.39. The van der Waals surface area contributed by atoms with Crippen molar-refractivity contribution >= 4 is 33.6 Å². The number of fused-ring (bicyclic) bond motifs is 2. The molecule has 0 bridgehead atoms. The first-order valence-electron chi connectivity index (χ1n) is 14.3. The molecule has 2 aliphatic rings. The van der Waals surface area contributed by atoms with Gasteiger partial charge in [0.2, 0.25) is 0 Å². The van der Waals surface area contributed by atoms with Crippen LogP contribution >= 0.6 is 0 Å². The molecule has 14 nitrogen and oxygen atoms in total. The van der Waals surface area contributed by atoms with Crippen molar-refractivity contribution in [1.29, 1.82) is 0 Å². The monoisotopic (exact) mass is 624 g/mol. The smallest absolute Gasteiger partial charge is 0.320 e. The predicted molar refractivity (Wildman–Crippen MR) is 167 cm³/mol. The number of allylic oxidation sites excluding steroid dienone is 2. The molecular formula is C32H28N6O8.